The van der Waals surface area contributed by atoms with Gasteiger partial charge in [-0.1, -0.05) is 24.7 Å². The third-order valence-corrected chi connectivity index (χ3v) is 3.01. The summed E-state index contributed by atoms with van der Waals surface area (Å²) < 4.78 is 0. The summed E-state index contributed by atoms with van der Waals surface area (Å²) in [6.07, 6.45) is 4.80. The Labute approximate surface area is 100.0 Å². The van der Waals surface area contributed by atoms with Gasteiger partial charge in [-0.05, 0) is 18.9 Å². The second kappa shape index (κ2) is 4.88. The molecule has 0 heterocycles. The van der Waals surface area contributed by atoms with Crippen LogP contribution in [0.15, 0.2) is 18.2 Å². The van der Waals surface area contributed by atoms with E-state index >= 15 is 0 Å². The maximum atomic E-state index is 10.5. The van der Waals surface area contributed by atoms with E-state index in [4.69, 9.17) is 5.73 Å². The number of hydrogen-bond donors (Lipinski definition) is 1. The SMILES string of the molecule is Nc1cc([N+](=O)[O-])ccc1C#CC1CCCC1. The third kappa shape index (κ3) is 2.76. The van der Waals surface area contributed by atoms with Gasteiger partial charge >= 0.3 is 0 Å². The molecule has 2 rings (SSSR count). The van der Waals surface area contributed by atoms with Gasteiger partial charge in [-0.15, -0.1) is 0 Å². The Balaban J connectivity index is 2.18. The lowest BCUT2D eigenvalue weighted by Crippen LogP contribution is -1.94. The summed E-state index contributed by atoms with van der Waals surface area (Å²) in [5.41, 5.74) is 6.81. The number of non-ortho nitro benzene ring substituents is 1. The topological polar surface area (TPSA) is 69.2 Å². The fourth-order valence-corrected chi connectivity index (χ4v) is 2.03. The van der Waals surface area contributed by atoms with E-state index in [1.807, 2.05) is 0 Å². The number of nitro benzene ring substituents is 1. The van der Waals surface area contributed by atoms with E-state index in [-0.39, 0.29) is 5.69 Å². The monoisotopic (exact) mass is 230 g/mol. The smallest absolute Gasteiger partial charge is 0.271 e. The minimum atomic E-state index is -0.454. The molecule has 0 radical (unpaired) electrons. The summed E-state index contributed by atoms with van der Waals surface area (Å²) >= 11 is 0. The number of hydrogen-bond acceptors (Lipinski definition) is 3. The van der Waals surface area contributed by atoms with Crippen LogP contribution in [-0.4, -0.2) is 4.92 Å². The molecular formula is C13H14N2O2. The van der Waals surface area contributed by atoms with Gasteiger partial charge in [0.25, 0.3) is 5.69 Å². The molecule has 17 heavy (non-hydrogen) atoms. The lowest BCUT2D eigenvalue weighted by molar-refractivity contribution is -0.384. The van der Waals surface area contributed by atoms with Crippen molar-refractivity contribution < 1.29 is 4.92 Å². The highest BCUT2D eigenvalue weighted by Crippen LogP contribution is 2.24. The van der Waals surface area contributed by atoms with Gasteiger partial charge in [0.2, 0.25) is 0 Å². The minimum Gasteiger partial charge on any atom is -0.398 e. The molecule has 0 atom stereocenters. The molecule has 1 aromatic rings. The fourth-order valence-electron chi connectivity index (χ4n) is 2.03. The van der Waals surface area contributed by atoms with Gasteiger partial charge in [-0.25, -0.2) is 0 Å². The first-order valence-corrected chi connectivity index (χ1v) is 5.72. The minimum absolute atomic E-state index is 0.00826. The van der Waals surface area contributed by atoms with Crippen LogP contribution in [0.25, 0.3) is 0 Å². The number of nitro groups is 1. The zero-order chi connectivity index (χ0) is 12.3. The molecule has 0 amide bonds. The molecule has 2 N–H and O–H groups in total. The van der Waals surface area contributed by atoms with E-state index in [1.165, 1.54) is 25.0 Å². The van der Waals surface area contributed by atoms with Crippen molar-refractivity contribution in [2.24, 2.45) is 5.92 Å². The average Bonchev–Trinajstić information content (AvgIpc) is 2.80. The normalized spacial score (nSPS) is 15.3. The first-order chi connectivity index (χ1) is 8.16. The Morgan fingerprint density at radius 3 is 2.65 bits per heavy atom. The van der Waals surface area contributed by atoms with Crippen LogP contribution in [0.3, 0.4) is 0 Å². The van der Waals surface area contributed by atoms with Gasteiger partial charge < -0.3 is 5.73 Å². The maximum Gasteiger partial charge on any atom is 0.271 e. The molecule has 0 saturated heterocycles. The number of nitrogen functional groups attached to an aromatic ring is 1. The predicted molar refractivity (Wildman–Crippen MR) is 66.3 cm³/mol. The highest BCUT2D eigenvalue weighted by Gasteiger charge is 2.12. The zero-order valence-electron chi connectivity index (χ0n) is 9.48. The number of rotatable bonds is 1. The first-order valence-electron chi connectivity index (χ1n) is 5.72. The Morgan fingerprint density at radius 2 is 2.06 bits per heavy atom. The Kier molecular flexibility index (Phi) is 3.29. The molecule has 1 aromatic carbocycles. The Hall–Kier alpha value is -2.02. The third-order valence-electron chi connectivity index (χ3n) is 3.01. The lowest BCUT2D eigenvalue weighted by Gasteiger charge is -1.99. The van der Waals surface area contributed by atoms with Crippen LogP contribution in [0.5, 0.6) is 0 Å². The Morgan fingerprint density at radius 1 is 1.35 bits per heavy atom. The Bertz CT molecular complexity index is 494. The molecule has 0 spiro atoms. The largest absolute Gasteiger partial charge is 0.398 e. The molecule has 0 aliphatic heterocycles. The molecule has 0 aromatic heterocycles. The molecule has 4 nitrogen and oxygen atoms in total. The first kappa shape index (κ1) is 11.5. The van der Waals surface area contributed by atoms with E-state index in [1.54, 1.807) is 6.07 Å². The van der Waals surface area contributed by atoms with Gasteiger partial charge in [0, 0.05) is 23.6 Å². The van der Waals surface area contributed by atoms with E-state index in [2.05, 4.69) is 11.8 Å². The van der Waals surface area contributed by atoms with Crippen LogP contribution in [0.2, 0.25) is 0 Å². The molecule has 1 aliphatic carbocycles. The summed E-state index contributed by atoms with van der Waals surface area (Å²) in [5, 5.41) is 10.5. The van der Waals surface area contributed by atoms with Crippen LogP contribution in [0.4, 0.5) is 11.4 Å². The summed E-state index contributed by atoms with van der Waals surface area (Å²) in [4.78, 5) is 10.1. The van der Waals surface area contributed by atoms with E-state index in [9.17, 15) is 10.1 Å². The van der Waals surface area contributed by atoms with Crippen molar-refractivity contribution in [3.8, 4) is 11.8 Å². The number of anilines is 1. The summed E-state index contributed by atoms with van der Waals surface area (Å²) in [6.45, 7) is 0. The lowest BCUT2D eigenvalue weighted by atomic mass is 10.1. The van der Waals surface area contributed by atoms with Crippen molar-refractivity contribution in [2.75, 3.05) is 5.73 Å². The summed E-state index contributed by atoms with van der Waals surface area (Å²) in [5.74, 6) is 6.67. The van der Waals surface area contributed by atoms with Gasteiger partial charge in [0.15, 0.2) is 0 Å². The van der Waals surface area contributed by atoms with Crippen molar-refractivity contribution >= 4 is 11.4 Å². The molecule has 1 saturated carbocycles. The van der Waals surface area contributed by atoms with Gasteiger partial charge in [0.1, 0.15) is 0 Å². The van der Waals surface area contributed by atoms with Crippen LogP contribution in [0.1, 0.15) is 31.2 Å². The van der Waals surface area contributed by atoms with E-state index in [0.717, 1.165) is 12.8 Å². The molecule has 0 bridgehead atoms. The fraction of sp³-hybridized carbons (Fsp3) is 0.385. The van der Waals surface area contributed by atoms with E-state index < -0.39 is 4.92 Å². The zero-order valence-corrected chi connectivity index (χ0v) is 9.48. The second-order valence-electron chi connectivity index (χ2n) is 4.28. The molecular weight excluding hydrogens is 216 g/mol. The molecule has 4 heteroatoms. The van der Waals surface area contributed by atoms with Crippen LogP contribution in [-0.2, 0) is 0 Å². The molecule has 1 aliphatic rings. The molecule has 88 valence electrons. The van der Waals surface area contributed by atoms with Gasteiger partial charge in [-0.3, -0.25) is 10.1 Å². The van der Waals surface area contributed by atoms with Crippen molar-refractivity contribution in [1.82, 2.24) is 0 Å². The average molecular weight is 230 g/mol. The number of nitrogens with two attached hydrogens (primary N) is 1. The van der Waals surface area contributed by atoms with Crippen LogP contribution < -0.4 is 5.73 Å². The number of benzene rings is 1. The van der Waals surface area contributed by atoms with Crippen molar-refractivity contribution in [2.45, 2.75) is 25.7 Å². The second-order valence-corrected chi connectivity index (χ2v) is 4.28. The maximum absolute atomic E-state index is 10.5. The van der Waals surface area contributed by atoms with E-state index in [0.29, 0.717) is 17.2 Å². The number of nitrogens with zero attached hydrogens (tertiary/aromatic N) is 1. The van der Waals surface area contributed by atoms with Crippen molar-refractivity contribution in [1.29, 1.82) is 0 Å². The molecule has 1 fully saturated rings. The standard InChI is InChI=1S/C13H14N2O2/c14-13-9-12(15(16)17)8-7-11(13)6-5-10-3-1-2-4-10/h7-10H,1-4,14H2. The highest BCUT2D eigenvalue weighted by molar-refractivity contribution is 5.60. The van der Waals surface area contributed by atoms with Crippen LogP contribution >= 0.6 is 0 Å². The van der Waals surface area contributed by atoms with Gasteiger partial charge in [-0.2, -0.15) is 0 Å². The van der Waals surface area contributed by atoms with Crippen molar-refractivity contribution in [3.05, 3.63) is 33.9 Å². The summed E-state index contributed by atoms with van der Waals surface area (Å²) in [7, 11) is 0. The quantitative estimate of drug-likeness (QED) is 0.349. The predicted octanol–water partition coefficient (Wildman–Crippen LogP) is 2.72. The summed E-state index contributed by atoms with van der Waals surface area (Å²) in [6, 6.07) is 4.42. The molecule has 0 unspecified atom stereocenters. The highest BCUT2D eigenvalue weighted by atomic mass is 16.6. The van der Waals surface area contributed by atoms with Gasteiger partial charge in [0.05, 0.1) is 10.6 Å². The van der Waals surface area contributed by atoms with Crippen LogP contribution in [0, 0.1) is 27.9 Å². The van der Waals surface area contributed by atoms with Crippen molar-refractivity contribution in [3.63, 3.8) is 0 Å².